The van der Waals surface area contributed by atoms with Crippen LogP contribution in [-0.4, -0.2) is 31.6 Å². The van der Waals surface area contributed by atoms with Crippen molar-refractivity contribution >= 4 is 23.9 Å². The number of hydrogen-bond acceptors (Lipinski definition) is 5. The maximum Gasteiger partial charge on any atom is 0.337 e. The van der Waals surface area contributed by atoms with E-state index in [0.29, 0.717) is 11.1 Å². The minimum atomic E-state index is -0.677. The highest BCUT2D eigenvalue weighted by molar-refractivity contribution is 5.91. The number of esters is 2. The highest BCUT2D eigenvalue weighted by Crippen LogP contribution is 2.07. The van der Waals surface area contributed by atoms with E-state index in [0.717, 1.165) is 5.56 Å². The van der Waals surface area contributed by atoms with Crippen molar-refractivity contribution in [2.45, 2.75) is 6.54 Å². The predicted octanol–water partition coefficient (Wildman–Crippen LogP) is 2.49. The number of hydrogen-bond donors (Lipinski definition) is 1. The molecule has 7 heteroatoms. The molecular formula is C20H18FNO5. The lowest BCUT2D eigenvalue weighted by Crippen LogP contribution is -2.28. The molecule has 0 aromatic heterocycles. The summed E-state index contributed by atoms with van der Waals surface area (Å²) in [6.07, 6.45) is 2.68. The molecule has 2 rings (SSSR count). The molecule has 140 valence electrons. The SMILES string of the molecule is COC(=O)c1ccc(/C=C/C(=O)OCC(=O)NCc2ccc(F)cc2)cc1. The van der Waals surface area contributed by atoms with Crippen molar-refractivity contribution < 1.29 is 28.2 Å². The molecule has 0 fully saturated rings. The van der Waals surface area contributed by atoms with Gasteiger partial charge in [-0.1, -0.05) is 24.3 Å². The number of halogens is 1. The molecular weight excluding hydrogens is 353 g/mol. The zero-order valence-corrected chi connectivity index (χ0v) is 14.6. The van der Waals surface area contributed by atoms with Crippen LogP contribution in [0.25, 0.3) is 6.08 Å². The van der Waals surface area contributed by atoms with Crippen molar-refractivity contribution in [3.8, 4) is 0 Å². The Kier molecular flexibility index (Phi) is 7.25. The molecule has 0 saturated heterocycles. The van der Waals surface area contributed by atoms with Gasteiger partial charge in [-0.2, -0.15) is 0 Å². The lowest BCUT2D eigenvalue weighted by molar-refractivity contribution is -0.143. The first-order valence-corrected chi connectivity index (χ1v) is 8.02. The quantitative estimate of drug-likeness (QED) is 0.597. The molecule has 0 spiro atoms. The Morgan fingerprint density at radius 2 is 1.70 bits per heavy atom. The van der Waals surface area contributed by atoms with E-state index in [2.05, 4.69) is 10.1 Å². The van der Waals surface area contributed by atoms with Crippen LogP contribution in [0.3, 0.4) is 0 Å². The van der Waals surface area contributed by atoms with Gasteiger partial charge in [0.05, 0.1) is 12.7 Å². The average molecular weight is 371 g/mol. The number of ether oxygens (including phenoxy) is 2. The second-order valence-electron chi connectivity index (χ2n) is 5.46. The summed E-state index contributed by atoms with van der Waals surface area (Å²) >= 11 is 0. The lowest BCUT2D eigenvalue weighted by atomic mass is 10.1. The minimum Gasteiger partial charge on any atom is -0.465 e. The van der Waals surface area contributed by atoms with Gasteiger partial charge in [-0.15, -0.1) is 0 Å². The fourth-order valence-electron chi connectivity index (χ4n) is 2.05. The van der Waals surface area contributed by atoms with E-state index < -0.39 is 24.5 Å². The molecule has 2 aromatic rings. The summed E-state index contributed by atoms with van der Waals surface area (Å²) in [5, 5.41) is 2.56. The Morgan fingerprint density at radius 3 is 2.33 bits per heavy atom. The maximum atomic E-state index is 12.8. The van der Waals surface area contributed by atoms with Gasteiger partial charge < -0.3 is 14.8 Å². The number of carbonyl (C=O) groups is 3. The Morgan fingerprint density at radius 1 is 1.04 bits per heavy atom. The van der Waals surface area contributed by atoms with E-state index in [9.17, 15) is 18.8 Å². The van der Waals surface area contributed by atoms with Crippen LogP contribution in [0.2, 0.25) is 0 Å². The van der Waals surface area contributed by atoms with E-state index in [1.165, 1.54) is 31.4 Å². The van der Waals surface area contributed by atoms with Crippen molar-refractivity contribution in [1.82, 2.24) is 5.32 Å². The third kappa shape index (κ3) is 6.74. The van der Waals surface area contributed by atoms with Crippen LogP contribution in [0, 0.1) is 5.82 Å². The monoisotopic (exact) mass is 371 g/mol. The molecule has 0 saturated carbocycles. The number of rotatable bonds is 7. The summed E-state index contributed by atoms with van der Waals surface area (Å²) in [5.74, 6) is -1.95. The largest absolute Gasteiger partial charge is 0.465 e. The van der Waals surface area contributed by atoms with E-state index in [-0.39, 0.29) is 12.4 Å². The van der Waals surface area contributed by atoms with Crippen LogP contribution in [0.1, 0.15) is 21.5 Å². The van der Waals surface area contributed by atoms with E-state index in [1.54, 1.807) is 36.4 Å². The van der Waals surface area contributed by atoms with Gasteiger partial charge in [0.1, 0.15) is 5.82 Å². The van der Waals surface area contributed by atoms with Crippen LogP contribution >= 0.6 is 0 Å². The molecule has 1 N–H and O–H groups in total. The summed E-state index contributed by atoms with van der Waals surface area (Å²) in [5.41, 5.74) is 1.81. The number of nitrogens with one attached hydrogen (secondary N) is 1. The third-order valence-corrected chi connectivity index (χ3v) is 3.49. The van der Waals surface area contributed by atoms with Crippen LogP contribution in [0.4, 0.5) is 4.39 Å². The standard InChI is InChI=1S/C20H18FNO5/c1-26-20(25)16-7-2-14(3-8-16)6-11-19(24)27-13-18(23)22-12-15-4-9-17(21)10-5-15/h2-11H,12-13H2,1H3,(H,22,23)/b11-6+. The number of amides is 1. The number of methoxy groups -OCH3 is 1. The smallest absolute Gasteiger partial charge is 0.337 e. The van der Waals surface area contributed by atoms with Gasteiger partial charge in [0.15, 0.2) is 6.61 Å². The minimum absolute atomic E-state index is 0.207. The molecule has 0 atom stereocenters. The van der Waals surface area contributed by atoms with Crippen LogP contribution in [0.5, 0.6) is 0 Å². The topological polar surface area (TPSA) is 81.7 Å². The zero-order chi connectivity index (χ0) is 19.6. The first-order chi connectivity index (χ1) is 13.0. The molecule has 0 aliphatic carbocycles. The predicted molar refractivity (Wildman–Crippen MR) is 96.0 cm³/mol. The van der Waals surface area contributed by atoms with Crippen molar-refractivity contribution in [1.29, 1.82) is 0 Å². The van der Waals surface area contributed by atoms with Gasteiger partial charge >= 0.3 is 11.9 Å². The van der Waals surface area contributed by atoms with E-state index in [4.69, 9.17) is 4.74 Å². The van der Waals surface area contributed by atoms with Crippen LogP contribution in [0.15, 0.2) is 54.6 Å². The molecule has 0 radical (unpaired) electrons. The second kappa shape index (κ2) is 9.86. The molecule has 6 nitrogen and oxygen atoms in total. The fraction of sp³-hybridized carbons (Fsp3) is 0.150. The van der Waals surface area contributed by atoms with Crippen molar-refractivity contribution in [2.24, 2.45) is 0 Å². The Labute approximate surface area is 155 Å². The van der Waals surface area contributed by atoms with Gasteiger partial charge in [0.25, 0.3) is 5.91 Å². The molecule has 0 aliphatic rings. The van der Waals surface area contributed by atoms with Gasteiger partial charge in [0.2, 0.25) is 0 Å². The van der Waals surface area contributed by atoms with Crippen LogP contribution < -0.4 is 5.32 Å². The molecule has 27 heavy (non-hydrogen) atoms. The molecule has 0 aliphatic heterocycles. The highest BCUT2D eigenvalue weighted by Gasteiger charge is 2.06. The summed E-state index contributed by atoms with van der Waals surface area (Å²) < 4.78 is 22.2. The summed E-state index contributed by atoms with van der Waals surface area (Å²) in [6.45, 7) is -0.218. The van der Waals surface area contributed by atoms with Crippen molar-refractivity contribution in [2.75, 3.05) is 13.7 Å². The molecule has 1 amide bonds. The fourth-order valence-corrected chi connectivity index (χ4v) is 2.05. The molecule has 2 aromatic carbocycles. The average Bonchev–Trinajstić information content (AvgIpc) is 2.70. The molecule has 0 bridgehead atoms. The summed E-state index contributed by atoms with van der Waals surface area (Å²) in [6, 6.07) is 12.1. The second-order valence-corrected chi connectivity index (χ2v) is 5.46. The van der Waals surface area contributed by atoms with Gasteiger partial charge in [-0.3, -0.25) is 4.79 Å². The van der Waals surface area contributed by atoms with Gasteiger partial charge in [-0.05, 0) is 41.5 Å². The number of benzene rings is 2. The highest BCUT2D eigenvalue weighted by atomic mass is 19.1. The Bertz CT molecular complexity index is 828. The van der Waals surface area contributed by atoms with Gasteiger partial charge in [0, 0.05) is 12.6 Å². The van der Waals surface area contributed by atoms with Crippen LogP contribution in [-0.2, 0) is 25.6 Å². The normalized spacial score (nSPS) is 10.4. The Hall–Kier alpha value is -3.48. The molecule has 0 heterocycles. The number of carbonyl (C=O) groups excluding carboxylic acids is 3. The zero-order valence-electron chi connectivity index (χ0n) is 14.6. The summed E-state index contributed by atoms with van der Waals surface area (Å²) in [7, 11) is 1.29. The first-order valence-electron chi connectivity index (χ1n) is 8.02. The lowest BCUT2D eigenvalue weighted by Gasteiger charge is -2.05. The van der Waals surface area contributed by atoms with Crippen molar-refractivity contribution in [3.63, 3.8) is 0 Å². The Balaban J connectivity index is 1.74. The van der Waals surface area contributed by atoms with E-state index >= 15 is 0 Å². The maximum absolute atomic E-state index is 12.8. The van der Waals surface area contributed by atoms with E-state index in [1.807, 2.05) is 0 Å². The molecule has 0 unspecified atom stereocenters. The third-order valence-electron chi connectivity index (χ3n) is 3.49. The van der Waals surface area contributed by atoms with Gasteiger partial charge in [-0.25, -0.2) is 14.0 Å². The van der Waals surface area contributed by atoms with Crippen molar-refractivity contribution in [3.05, 3.63) is 77.1 Å². The summed E-state index contributed by atoms with van der Waals surface area (Å²) in [4.78, 5) is 34.6. The first kappa shape index (κ1) is 19.8.